The summed E-state index contributed by atoms with van der Waals surface area (Å²) in [6, 6.07) is 0. The molecule has 0 aliphatic carbocycles. The van der Waals surface area contributed by atoms with Crippen molar-refractivity contribution < 1.29 is 4.79 Å². The van der Waals surface area contributed by atoms with Crippen LogP contribution in [0.3, 0.4) is 0 Å². The molecule has 0 radical (unpaired) electrons. The molecule has 1 rings (SSSR count). The Balaban J connectivity index is 2.58. The van der Waals surface area contributed by atoms with Crippen LogP contribution in [0.1, 0.15) is 36.3 Å². The second kappa shape index (κ2) is 5.89. The van der Waals surface area contributed by atoms with Crippen LogP contribution in [0, 0.1) is 0 Å². The highest BCUT2D eigenvalue weighted by Gasteiger charge is 2.13. The number of amides is 1. The van der Waals surface area contributed by atoms with E-state index in [0.29, 0.717) is 12.1 Å². The Morgan fingerprint density at radius 2 is 2.38 bits per heavy atom. The van der Waals surface area contributed by atoms with E-state index in [4.69, 9.17) is 11.6 Å². The minimum atomic E-state index is -0.0673. The summed E-state index contributed by atoms with van der Waals surface area (Å²) in [4.78, 5) is 11.8. The van der Waals surface area contributed by atoms with Gasteiger partial charge in [0.1, 0.15) is 0 Å². The Bertz CT molecular complexity index is 360. The molecule has 1 amide bonds. The first-order valence-electron chi connectivity index (χ1n) is 5.49. The highest BCUT2D eigenvalue weighted by molar-refractivity contribution is 6.20. The van der Waals surface area contributed by atoms with Crippen molar-refractivity contribution in [3.63, 3.8) is 0 Å². The molecule has 0 saturated carbocycles. The maximum Gasteiger partial charge on any atom is 0.254 e. The molecule has 1 N–H and O–H groups in total. The number of halogens is 1. The van der Waals surface area contributed by atoms with Gasteiger partial charge >= 0.3 is 0 Å². The first-order chi connectivity index (χ1) is 7.54. The Morgan fingerprint density at radius 1 is 1.69 bits per heavy atom. The first kappa shape index (κ1) is 13.0. The van der Waals surface area contributed by atoms with Crippen LogP contribution in [0.25, 0.3) is 0 Å². The number of nitrogens with zero attached hydrogens (tertiary/aromatic N) is 2. The van der Waals surface area contributed by atoms with Crippen molar-refractivity contribution in [2.75, 3.05) is 6.54 Å². The second-order valence-electron chi connectivity index (χ2n) is 3.84. The van der Waals surface area contributed by atoms with Crippen LogP contribution < -0.4 is 5.32 Å². The zero-order chi connectivity index (χ0) is 12.1. The van der Waals surface area contributed by atoms with E-state index >= 15 is 0 Å². The van der Waals surface area contributed by atoms with Crippen LogP contribution in [0.4, 0.5) is 0 Å². The van der Waals surface area contributed by atoms with Gasteiger partial charge in [0.25, 0.3) is 5.91 Å². The normalized spacial score (nSPS) is 12.5. The van der Waals surface area contributed by atoms with E-state index in [9.17, 15) is 4.79 Å². The standard InChI is InChI=1S/C11H18ClN3O/c1-4-10-9(7-15(3)14-10)11(16)13-6-5-8(2)12/h7-8H,4-6H2,1-3H3,(H,13,16). The van der Waals surface area contributed by atoms with Crippen LogP contribution in [-0.2, 0) is 13.5 Å². The molecule has 1 heterocycles. The number of aromatic nitrogens is 2. The number of carbonyl (C=O) groups is 1. The maximum absolute atomic E-state index is 11.8. The zero-order valence-corrected chi connectivity index (χ0v) is 10.7. The lowest BCUT2D eigenvalue weighted by Crippen LogP contribution is -2.26. The largest absolute Gasteiger partial charge is 0.352 e. The smallest absolute Gasteiger partial charge is 0.254 e. The van der Waals surface area contributed by atoms with Gasteiger partial charge in [-0.2, -0.15) is 5.10 Å². The fourth-order valence-electron chi connectivity index (χ4n) is 1.47. The van der Waals surface area contributed by atoms with Crippen molar-refractivity contribution >= 4 is 17.5 Å². The van der Waals surface area contributed by atoms with Crippen molar-refractivity contribution in [3.05, 3.63) is 17.5 Å². The summed E-state index contributed by atoms with van der Waals surface area (Å²) in [5, 5.41) is 7.15. The number of carbonyl (C=O) groups excluding carboxylic acids is 1. The topological polar surface area (TPSA) is 46.9 Å². The molecule has 4 nitrogen and oxygen atoms in total. The monoisotopic (exact) mass is 243 g/mol. The van der Waals surface area contributed by atoms with Crippen molar-refractivity contribution in [2.45, 2.75) is 32.1 Å². The van der Waals surface area contributed by atoms with Gasteiger partial charge in [-0.25, -0.2) is 0 Å². The van der Waals surface area contributed by atoms with E-state index in [1.165, 1.54) is 0 Å². The van der Waals surface area contributed by atoms with Crippen molar-refractivity contribution in [1.29, 1.82) is 0 Å². The third-order valence-electron chi connectivity index (χ3n) is 2.31. The van der Waals surface area contributed by atoms with Gasteiger partial charge < -0.3 is 5.32 Å². The minimum absolute atomic E-state index is 0.0673. The van der Waals surface area contributed by atoms with E-state index in [1.807, 2.05) is 20.9 Å². The molecule has 1 atom stereocenters. The molecule has 0 spiro atoms. The van der Waals surface area contributed by atoms with Gasteiger partial charge in [0.05, 0.1) is 11.3 Å². The van der Waals surface area contributed by atoms with Crippen LogP contribution in [-0.4, -0.2) is 27.6 Å². The minimum Gasteiger partial charge on any atom is -0.352 e. The van der Waals surface area contributed by atoms with Gasteiger partial charge in [0.15, 0.2) is 0 Å². The third kappa shape index (κ3) is 3.52. The van der Waals surface area contributed by atoms with Gasteiger partial charge in [0.2, 0.25) is 0 Å². The zero-order valence-electron chi connectivity index (χ0n) is 9.96. The predicted molar refractivity (Wildman–Crippen MR) is 64.9 cm³/mol. The molecule has 1 aromatic rings. The molecular weight excluding hydrogens is 226 g/mol. The summed E-state index contributed by atoms with van der Waals surface area (Å²) in [5.74, 6) is -0.0673. The molecule has 5 heteroatoms. The molecule has 1 aromatic heterocycles. The van der Waals surface area contributed by atoms with E-state index in [0.717, 1.165) is 18.5 Å². The summed E-state index contributed by atoms with van der Waals surface area (Å²) in [5.41, 5.74) is 1.49. The second-order valence-corrected chi connectivity index (χ2v) is 4.59. The molecule has 0 saturated heterocycles. The number of hydrogen-bond donors (Lipinski definition) is 1. The van der Waals surface area contributed by atoms with E-state index < -0.39 is 0 Å². The Kier molecular flexibility index (Phi) is 4.80. The molecule has 1 unspecified atom stereocenters. The third-order valence-corrected chi connectivity index (χ3v) is 2.53. The van der Waals surface area contributed by atoms with Crippen LogP contribution in [0.15, 0.2) is 6.20 Å². The van der Waals surface area contributed by atoms with Crippen molar-refractivity contribution in [1.82, 2.24) is 15.1 Å². The lowest BCUT2D eigenvalue weighted by molar-refractivity contribution is 0.0952. The van der Waals surface area contributed by atoms with Crippen LogP contribution >= 0.6 is 11.6 Å². The Morgan fingerprint density at radius 3 is 2.94 bits per heavy atom. The summed E-state index contributed by atoms with van der Waals surface area (Å²) in [6.07, 6.45) is 3.28. The molecule has 0 fully saturated rings. The summed E-state index contributed by atoms with van der Waals surface area (Å²) < 4.78 is 1.66. The number of alkyl halides is 1. The van der Waals surface area contributed by atoms with Crippen molar-refractivity contribution in [3.8, 4) is 0 Å². The Hall–Kier alpha value is -1.03. The van der Waals surface area contributed by atoms with Gasteiger partial charge in [0, 0.05) is 25.2 Å². The van der Waals surface area contributed by atoms with E-state index in [-0.39, 0.29) is 11.3 Å². The van der Waals surface area contributed by atoms with Gasteiger partial charge in [-0.15, -0.1) is 11.6 Å². The number of aryl methyl sites for hydroxylation is 2. The fraction of sp³-hybridized carbons (Fsp3) is 0.636. The summed E-state index contributed by atoms with van der Waals surface area (Å²) in [7, 11) is 1.82. The van der Waals surface area contributed by atoms with Crippen molar-refractivity contribution in [2.24, 2.45) is 7.05 Å². The SMILES string of the molecule is CCc1nn(C)cc1C(=O)NCCC(C)Cl. The average Bonchev–Trinajstić information content (AvgIpc) is 2.59. The lowest BCUT2D eigenvalue weighted by atomic mass is 10.2. The number of rotatable bonds is 5. The highest BCUT2D eigenvalue weighted by Crippen LogP contribution is 2.07. The lowest BCUT2D eigenvalue weighted by Gasteiger charge is -2.05. The summed E-state index contributed by atoms with van der Waals surface area (Å²) >= 11 is 5.80. The number of hydrogen-bond acceptors (Lipinski definition) is 2. The molecule has 0 aliphatic heterocycles. The average molecular weight is 244 g/mol. The molecule has 0 aliphatic rings. The highest BCUT2D eigenvalue weighted by atomic mass is 35.5. The molecule has 0 aromatic carbocycles. The maximum atomic E-state index is 11.8. The molecule has 16 heavy (non-hydrogen) atoms. The van der Waals surface area contributed by atoms with Gasteiger partial charge in [-0.1, -0.05) is 6.92 Å². The van der Waals surface area contributed by atoms with Gasteiger partial charge in [-0.3, -0.25) is 9.48 Å². The first-order valence-corrected chi connectivity index (χ1v) is 5.93. The molecule has 0 bridgehead atoms. The summed E-state index contributed by atoms with van der Waals surface area (Å²) in [6.45, 7) is 4.50. The van der Waals surface area contributed by atoms with Gasteiger partial charge in [-0.05, 0) is 19.8 Å². The quantitative estimate of drug-likeness (QED) is 0.801. The predicted octanol–water partition coefficient (Wildman–Crippen LogP) is 1.73. The Labute approximate surface area is 101 Å². The van der Waals surface area contributed by atoms with Crippen LogP contribution in [0.5, 0.6) is 0 Å². The molecule has 90 valence electrons. The molecular formula is C11H18ClN3O. The number of nitrogens with one attached hydrogen (secondary N) is 1. The van der Waals surface area contributed by atoms with Crippen LogP contribution in [0.2, 0.25) is 0 Å². The fourth-order valence-corrected chi connectivity index (χ4v) is 1.57. The van der Waals surface area contributed by atoms with E-state index in [1.54, 1.807) is 10.9 Å². The van der Waals surface area contributed by atoms with E-state index in [2.05, 4.69) is 10.4 Å².